The summed E-state index contributed by atoms with van der Waals surface area (Å²) in [5.74, 6) is 0. The van der Waals surface area contributed by atoms with Gasteiger partial charge in [0.25, 0.3) is 0 Å². The molecule has 0 spiro atoms. The molecule has 3 nitrogen and oxygen atoms in total. The van der Waals surface area contributed by atoms with Crippen molar-refractivity contribution in [2.45, 2.75) is 26.6 Å². The normalized spacial score (nSPS) is 11.6. The van der Waals surface area contributed by atoms with E-state index in [1.807, 2.05) is 32.0 Å². The molecule has 2 aromatic carbocycles. The number of hydrogen-bond donors (Lipinski definition) is 0. The number of halogens is 3. The van der Waals surface area contributed by atoms with E-state index < -0.39 is 11.7 Å². The van der Waals surface area contributed by atoms with E-state index in [4.69, 9.17) is 0 Å². The van der Waals surface area contributed by atoms with Gasteiger partial charge in [0.2, 0.25) is 5.43 Å². The third-order valence-electron chi connectivity index (χ3n) is 4.08. The van der Waals surface area contributed by atoms with Crippen LogP contribution in [0.15, 0.2) is 59.5 Å². The summed E-state index contributed by atoms with van der Waals surface area (Å²) in [6.07, 6.45) is -2.97. The van der Waals surface area contributed by atoms with Gasteiger partial charge in [0.15, 0.2) is 0 Å². The Hall–Kier alpha value is -2.89. The van der Waals surface area contributed by atoms with Crippen molar-refractivity contribution in [3.8, 4) is 22.4 Å². The first-order valence-electron chi connectivity index (χ1n) is 8.16. The second-order valence-electron chi connectivity index (χ2n) is 6.02. The summed E-state index contributed by atoms with van der Waals surface area (Å²) < 4.78 is 40.6. The lowest BCUT2D eigenvalue weighted by molar-refractivity contribution is -0.137. The van der Waals surface area contributed by atoms with Crippen LogP contribution >= 0.6 is 0 Å². The van der Waals surface area contributed by atoms with Crippen molar-refractivity contribution in [1.82, 2.24) is 9.78 Å². The zero-order chi connectivity index (χ0) is 18.9. The van der Waals surface area contributed by atoms with E-state index in [0.717, 1.165) is 17.7 Å². The Morgan fingerprint density at radius 2 is 1.73 bits per heavy atom. The number of aromatic nitrogens is 2. The minimum Gasteiger partial charge on any atom is -0.287 e. The number of nitrogens with zero attached hydrogens (tertiary/aromatic N) is 2. The van der Waals surface area contributed by atoms with E-state index in [-0.39, 0.29) is 22.2 Å². The van der Waals surface area contributed by atoms with Crippen LogP contribution in [-0.2, 0) is 12.7 Å². The maximum absolute atomic E-state index is 13.0. The van der Waals surface area contributed by atoms with Gasteiger partial charge in [0, 0.05) is 23.9 Å². The molecule has 0 N–H and O–H groups in total. The molecule has 0 aliphatic carbocycles. The number of rotatable bonds is 3. The maximum Gasteiger partial charge on any atom is 0.416 e. The van der Waals surface area contributed by atoms with Crippen LogP contribution in [0, 0.1) is 6.92 Å². The first kappa shape index (κ1) is 17.9. The van der Waals surface area contributed by atoms with Crippen molar-refractivity contribution in [2.75, 3.05) is 0 Å². The topological polar surface area (TPSA) is 34.9 Å². The van der Waals surface area contributed by atoms with E-state index in [9.17, 15) is 18.0 Å². The Morgan fingerprint density at radius 1 is 1.04 bits per heavy atom. The molecule has 0 aliphatic rings. The predicted octanol–water partition coefficient (Wildman–Crippen LogP) is 4.92. The van der Waals surface area contributed by atoms with Gasteiger partial charge in [-0.2, -0.15) is 18.3 Å². The molecular formula is C20H17F3N2O. The van der Waals surface area contributed by atoms with Gasteiger partial charge in [-0.05, 0) is 37.6 Å². The van der Waals surface area contributed by atoms with Gasteiger partial charge < -0.3 is 0 Å². The fraction of sp³-hybridized carbons (Fsp3) is 0.200. The molecule has 0 fully saturated rings. The van der Waals surface area contributed by atoms with Crippen molar-refractivity contribution in [3.05, 3.63) is 76.1 Å². The third-order valence-corrected chi connectivity index (χ3v) is 4.08. The lowest BCUT2D eigenvalue weighted by Crippen LogP contribution is -2.17. The number of hydrogen-bond acceptors (Lipinski definition) is 2. The summed E-state index contributed by atoms with van der Waals surface area (Å²) in [6.45, 7) is 4.25. The summed E-state index contributed by atoms with van der Waals surface area (Å²) in [6, 6.07) is 12.1. The van der Waals surface area contributed by atoms with Crippen LogP contribution in [0.25, 0.3) is 22.4 Å². The van der Waals surface area contributed by atoms with E-state index in [0.29, 0.717) is 12.1 Å². The van der Waals surface area contributed by atoms with Gasteiger partial charge in [0.1, 0.15) is 5.69 Å². The van der Waals surface area contributed by atoms with Gasteiger partial charge >= 0.3 is 6.18 Å². The molecule has 0 aliphatic heterocycles. The molecule has 3 aromatic rings. The van der Waals surface area contributed by atoms with Gasteiger partial charge in [0.05, 0.1) is 5.56 Å². The molecule has 0 atom stereocenters. The van der Waals surface area contributed by atoms with Crippen molar-refractivity contribution in [1.29, 1.82) is 0 Å². The summed E-state index contributed by atoms with van der Waals surface area (Å²) >= 11 is 0. The quantitative estimate of drug-likeness (QED) is 0.666. The maximum atomic E-state index is 13.0. The molecule has 0 unspecified atom stereocenters. The van der Waals surface area contributed by atoms with Crippen molar-refractivity contribution >= 4 is 0 Å². The highest BCUT2D eigenvalue weighted by atomic mass is 19.4. The van der Waals surface area contributed by atoms with Gasteiger partial charge in [-0.3, -0.25) is 9.48 Å². The van der Waals surface area contributed by atoms with Crippen LogP contribution in [0.3, 0.4) is 0 Å². The van der Waals surface area contributed by atoms with Crippen molar-refractivity contribution < 1.29 is 13.2 Å². The van der Waals surface area contributed by atoms with E-state index in [2.05, 4.69) is 5.10 Å². The molecule has 26 heavy (non-hydrogen) atoms. The largest absolute Gasteiger partial charge is 0.416 e. The van der Waals surface area contributed by atoms with Gasteiger partial charge in [-0.25, -0.2) is 0 Å². The molecule has 134 valence electrons. The van der Waals surface area contributed by atoms with E-state index in [1.165, 1.54) is 18.3 Å². The van der Waals surface area contributed by atoms with Gasteiger partial charge in [-0.1, -0.05) is 35.9 Å². The molecular weight excluding hydrogens is 341 g/mol. The SMILES string of the molecule is CCn1cc(-c2cccc(C(F)(F)F)c2)c(=O)c(-c2cccc(C)c2)n1. The molecule has 3 rings (SSSR count). The summed E-state index contributed by atoms with van der Waals surface area (Å²) in [5, 5.41) is 4.34. The number of alkyl halides is 3. The second kappa shape index (κ2) is 6.78. The molecule has 0 saturated heterocycles. The van der Waals surface area contributed by atoms with Crippen LogP contribution in [0.1, 0.15) is 18.1 Å². The summed E-state index contributed by atoms with van der Waals surface area (Å²) in [4.78, 5) is 13.0. The second-order valence-corrected chi connectivity index (χ2v) is 6.02. The highest BCUT2D eigenvalue weighted by Gasteiger charge is 2.30. The zero-order valence-corrected chi connectivity index (χ0v) is 14.3. The molecule has 0 amide bonds. The minimum atomic E-state index is -4.47. The number of benzene rings is 2. The predicted molar refractivity (Wildman–Crippen MR) is 94.8 cm³/mol. The molecule has 0 saturated carbocycles. The standard InChI is InChI=1S/C20H17F3N2O/c1-3-25-12-17(14-7-5-9-16(11-14)20(21,22)23)19(26)18(24-25)15-8-4-6-13(2)10-15/h4-12H,3H2,1-2H3. The van der Waals surface area contributed by atoms with Crippen molar-refractivity contribution in [2.24, 2.45) is 0 Å². The molecule has 0 bridgehead atoms. The minimum absolute atomic E-state index is 0.199. The Labute approximate surface area is 148 Å². The lowest BCUT2D eigenvalue weighted by Gasteiger charge is -2.12. The Balaban J connectivity index is 2.23. The highest BCUT2D eigenvalue weighted by molar-refractivity contribution is 5.70. The average Bonchev–Trinajstić information content (AvgIpc) is 2.61. The monoisotopic (exact) mass is 358 g/mol. The summed E-state index contributed by atoms with van der Waals surface area (Å²) in [5.41, 5.74) is 1.09. The molecule has 0 radical (unpaired) electrons. The molecule has 1 heterocycles. The Morgan fingerprint density at radius 3 is 2.38 bits per heavy atom. The summed E-state index contributed by atoms with van der Waals surface area (Å²) in [7, 11) is 0. The fourth-order valence-corrected chi connectivity index (χ4v) is 2.75. The van der Waals surface area contributed by atoms with Crippen LogP contribution in [0.4, 0.5) is 13.2 Å². The number of aryl methyl sites for hydroxylation is 2. The Kier molecular flexibility index (Phi) is 4.68. The third kappa shape index (κ3) is 3.54. The zero-order valence-electron chi connectivity index (χ0n) is 14.3. The van der Waals surface area contributed by atoms with Crippen LogP contribution in [0.5, 0.6) is 0 Å². The first-order chi connectivity index (χ1) is 12.3. The average molecular weight is 358 g/mol. The molecule has 1 aromatic heterocycles. The molecule has 6 heteroatoms. The highest BCUT2D eigenvalue weighted by Crippen LogP contribution is 2.31. The van der Waals surface area contributed by atoms with E-state index in [1.54, 1.807) is 10.7 Å². The van der Waals surface area contributed by atoms with Crippen LogP contribution in [0.2, 0.25) is 0 Å². The van der Waals surface area contributed by atoms with Gasteiger partial charge in [-0.15, -0.1) is 0 Å². The van der Waals surface area contributed by atoms with E-state index >= 15 is 0 Å². The fourth-order valence-electron chi connectivity index (χ4n) is 2.75. The Bertz CT molecular complexity index is 1010. The van der Waals surface area contributed by atoms with Crippen molar-refractivity contribution in [3.63, 3.8) is 0 Å². The lowest BCUT2D eigenvalue weighted by atomic mass is 10.0. The smallest absolute Gasteiger partial charge is 0.287 e. The van der Waals surface area contributed by atoms with Crippen LogP contribution < -0.4 is 5.43 Å². The van der Waals surface area contributed by atoms with Crippen LogP contribution in [-0.4, -0.2) is 9.78 Å². The first-order valence-corrected chi connectivity index (χ1v) is 8.16.